The average Bonchev–Trinajstić information content (AvgIpc) is 2.81. The number of aliphatic hydroxyl groups excluding tert-OH is 2. The highest BCUT2D eigenvalue weighted by molar-refractivity contribution is 5.40. The van der Waals surface area contributed by atoms with Crippen LogP contribution in [0.4, 0.5) is 0 Å². The Morgan fingerprint density at radius 2 is 2.05 bits per heavy atom. The summed E-state index contributed by atoms with van der Waals surface area (Å²) in [6, 6.07) is 5.75. The molecule has 1 aromatic rings. The molecular weight excluding hydrogens is 276 g/mol. The quantitative estimate of drug-likeness (QED) is 0.747. The van der Waals surface area contributed by atoms with Gasteiger partial charge in [0.05, 0.1) is 6.10 Å². The van der Waals surface area contributed by atoms with Crippen molar-refractivity contribution in [3.8, 4) is 5.75 Å². The zero-order valence-corrected chi connectivity index (χ0v) is 13.2. The number of aliphatic hydroxyl groups is 2. The summed E-state index contributed by atoms with van der Waals surface area (Å²) >= 11 is 0. The van der Waals surface area contributed by atoms with Crippen molar-refractivity contribution in [1.29, 1.82) is 0 Å². The van der Waals surface area contributed by atoms with Crippen LogP contribution in [0.1, 0.15) is 49.7 Å². The molecule has 1 unspecified atom stereocenters. The van der Waals surface area contributed by atoms with Crippen molar-refractivity contribution in [2.75, 3.05) is 6.61 Å². The smallest absolute Gasteiger partial charge is 0.115 e. The summed E-state index contributed by atoms with van der Waals surface area (Å²) in [6.45, 7) is 2.43. The van der Waals surface area contributed by atoms with Gasteiger partial charge in [-0.1, -0.05) is 13.0 Å². The first-order valence-corrected chi connectivity index (χ1v) is 8.65. The average molecular weight is 302 g/mol. The van der Waals surface area contributed by atoms with E-state index in [0.29, 0.717) is 23.5 Å². The lowest BCUT2D eigenvalue weighted by Gasteiger charge is -2.53. The third-order valence-corrected chi connectivity index (χ3v) is 7.01. The zero-order chi connectivity index (χ0) is 15.5. The van der Waals surface area contributed by atoms with Crippen LogP contribution in [0.15, 0.2) is 18.2 Å². The second-order valence-corrected chi connectivity index (χ2v) is 7.96. The van der Waals surface area contributed by atoms with E-state index in [-0.39, 0.29) is 24.0 Å². The van der Waals surface area contributed by atoms with Gasteiger partial charge in [-0.25, -0.2) is 0 Å². The van der Waals surface area contributed by atoms with Crippen LogP contribution in [0.2, 0.25) is 0 Å². The standard InChI is InChI=1S/C19H26O3/c1-19-9-12(10-20)18-14-5-3-13(21)8-11(14)2-4-15(18)16(19)6-7-17(19)22/h3,5,8,12,15-18,20-22H,2,4,6-7,9-10H2,1H3/t12?,15-,16-,17-,18+,19-/m0/s1. The molecule has 0 saturated heterocycles. The molecule has 3 aliphatic carbocycles. The Morgan fingerprint density at radius 1 is 1.23 bits per heavy atom. The van der Waals surface area contributed by atoms with Crippen molar-refractivity contribution < 1.29 is 15.3 Å². The molecule has 3 nitrogen and oxygen atoms in total. The molecule has 0 aliphatic heterocycles. The van der Waals surface area contributed by atoms with E-state index in [1.807, 2.05) is 6.07 Å². The molecule has 2 fully saturated rings. The topological polar surface area (TPSA) is 60.7 Å². The van der Waals surface area contributed by atoms with Gasteiger partial charge in [0.15, 0.2) is 0 Å². The van der Waals surface area contributed by atoms with E-state index in [0.717, 1.165) is 32.1 Å². The molecule has 120 valence electrons. The summed E-state index contributed by atoms with van der Waals surface area (Å²) in [4.78, 5) is 0. The van der Waals surface area contributed by atoms with E-state index in [4.69, 9.17) is 0 Å². The highest BCUT2D eigenvalue weighted by Gasteiger charge is 2.57. The number of phenolic OH excluding ortho intramolecular Hbond substituents is 1. The van der Waals surface area contributed by atoms with Crippen LogP contribution in [0.3, 0.4) is 0 Å². The predicted octanol–water partition coefficient (Wildman–Crippen LogP) is 2.83. The third kappa shape index (κ3) is 1.88. The molecule has 22 heavy (non-hydrogen) atoms. The summed E-state index contributed by atoms with van der Waals surface area (Å²) in [5, 5.41) is 30.3. The molecule has 3 heteroatoms. The Balaban J connectivity index is 1.78. The monoisotopic (exact) mass is 302 g/mol. The number of phenols is 1. The minimum atomic E-state index is -0.214. The molecule has 2 saturated carbocycles. The van der Waals surface area contributed by atoms with Crippen molar-refractivity contribution in [3.05, 3.63) is 29.3 Å². The summed E-state index contributed by atoms with van der Waals surface area (Å²) in [7, 11) is 0. The van der Waals surface area contributed by atoms with Crippen molar-refractivity contribution in [2.24, 2.45) is 23.2 Å². The highest BCUT2D eigenvalue weighted by atomic mass is 16.3. The number of rotatable bonds is 1. The molecule has 6 atom stereocenters. The Kier molecular flexibility index (Phi) is 3.28. The fraction of sp³-hybridized carbons (Fsp3) is 0.684. The number of hydrogen-bond acceptors (Lipinski definition) is 3. The minimum absolute atomic E-state index is 0.0248. The number of aromatic hydroxyl groups is 1. The molecule has 0 bridgehead atoms. The van der Waals surface area contributed by atoms with Crippen LogP contribution in [0, 0.1) is 23.2 Å². The molecule has 4 rings (SSSR count). The van der Waals surface area contributed by atoms with Gasteiger partial charge in [0, 0.05) is 6.61 Å². The molecule has 0 radical (unpaired) electrons. The zero-order valence-electron chi connectivity index (χ0n) is 13.2. The lowest BCUT2D eigenvalue weighted by molar-refractivity contribution is -0.0587. The van der Waals surface area contributed by atoms with Gasteiger partial charge in [0.25, 0.3) is 0 Å². The van der Waals surface area contributed by atoms with E-state index in [9.17, 15) is 15.3 Å². The van der Waals surface area contributed by atoms with Gasteiger partial charge in [-0.2, -0.15) is 0 Å². The number of fused-ring (bicyclic) bond motifs is 5. The van der Waals surface area contributed by atoms with Gasteiger partial charge in [0.2, 0.25) is 0 Å². The maximum absolute atomic E-state index is 10.5. The van der Waals surface area contributed by atoms with Gasteiger partial charge >= 0.3 is 0 Å². The summed E-state index contributed by atoms with van der Waals surface area (Å²) in [6.07, 6.45) is 4.84. The van der Waals surface area contributed by atoms with Crippen molar-refractivity contribution in [3.63, 3.8) is 0 Å². The van der Waals surface area contributed by atoms with E-state index < -0.39 is 0 Å². The van der Waals surface area contributed by atoms with E-state index in [1.54, 1.807) is 6.07 Å². The first-order valence-electron chi connectivity index (χ1n) is 8.65. The summed E-state index contributed by atoms with van der Waals surface area (Å²) < 4.78 is 0. The molecule has 3 N–H and O–H groups in total. The third-order valence-electron chi connectivity index (χ3n) is 7.01. The fourth-order valence-electron chi connectivity index (χ4n) is 6.03. The molecule has 0 amide bonds. The highest BCUT2D eigenvalue weighted by Crippen LogP contribution is 2.62. The number of benzene rings is 1. The van der Waals surface area contributed by atoms with E-state index in [2.05, 4.69) is 13.0 Å². The van der Waals surface area contributed by atoms with Crippen LogP contribution in [0.5, 0.6) is 5.75 Å². The minimum Gasteiger partial charge on any atom is -0.508 e. The number of aryl methyl sites for hydroxylation is 1. The SMILES string of the molecule is C[C@]12CC(CO)[C@@H]3c4ccc(O)cc4CC[C@H]3[C@@H]1CC[C@@H]2O. The van der Waals surface area contributed by atoms with Crippen LogP contribution in [-0.4, -0.2) is 28.0 Å². The molecule has 0 aromatic heterocycles. The Bertz CT molecular complexity index is 584. The van der Waals surface area contributed by atoms with Crippen molar-refractivity contribution >= 4 is 0 Å². The maximum Gasteiger partial charge on any atom is 0.115 e. The van der Waals surface area contributed by atoms with E-state index in [1.165, 1.54) is 11.1 Å². The summed E-state index contributed by atoms with van der Waals surface area (Å²) in [5.74, 6) is 2.08. The molecule has 0 spiro atoms. The summed E-state index contributed by atoms with van der Waals surface area (Å²) in [5.41, 5.74) is 2.56. The molecule has 3 aliphatic rings. The van der Waals surface area contributed by atoms with Crippen LogP contribution in [-0.2, 0) is 6.42 Å². The van der Waals surface area contributed by atoms with Crippen LogP contribution < -0.4 is 0 Å². The Hall–Kier alpha value is -1.06. The van der Waals surface area contributed by atoms with Crippen molar-refractivity contribution in [1.82, 2.24) is 0 Å². The van der Waals surface area contributed by atoms with Crippen molar-refractivity contribution in [2.45, 2.75) is 51.0 Å². The second-order valence-electron chi connectivity index (χ2n) is 7.96. The maximum atomic E-state index is 10.5. The van der Waals surface area contributed by atoms with Crippen LogP contribution in [0.25, 0.3) is 0 Å². The largest absolute Gasteiger partial charge is 0.508 e. The second kappa shape index (κ2) is 4.97. The van der Waals surface area contributed by atoms with Gasteiger partial charge in [-0.15, -0.1) is 0 Å². The Labute approximate surface area is 132 Å². The molecule has 0 heterocycles. The van der Waals surface area contributed by atoms with Gasteiger partial charge in [-0.3, -0.25) is 0 Å². The van der Waals surface area contributed by atoms with Gasteiger partial charge in [0.1, 0.15) is 5.75 Å². The van der Waals surface area contributed by atoms with E-state index >= 15 is 0 Å². The van der Waals surface area contributed by atoms with Gasteiger partial charge in [-0.05, 0) is 84.5 Å². The molecule has 1 aromatic carbocycles. The lowest BCUT2D eigenvalue weighted by Crippen LogP contribution is -2.48. The van der Waals surface area contributed by atoms with Crippen LogP contribution >= 0.6 is 0 Å². The number of hydrogen-bond donors (Lipinski definition) is 3. The van der Waals surface area contributed by atoms with Gasteiger partial charge < -0.3 is 15.3 Å². The first-order chi connectivity index (χ1) is 10.5. The normalized spacial score (nSPS) is 43.3. The predicted molar refractivity (Wildman–Crippen MR) is 84.7 cm³/mol. The molecular formula is C19H26O3. The Morgan fingerprint density at radius 3 is 2.82 bits per heavy atom. The lowest BCUT2D eigenvalue weighted by atomic mass is 9.52. The first kappa shape index (κ1) is 14.5. The fourth-order valence-corrected chi connectivity index (χ4v) is 6.03.